The van der Waals surface area contributed by atoms with Crippen LogP contribution in [0.5, 0.6) is 0 Å². The Morgan fingerprint density at radius 2 is 1.71 bits per heavy atom. The van der Waals surface area contributed by atoms with Gasteiger partial charge < -0.3 is 5.11 Å². The van der Waals surface area contributed by atoms with Gasteiger partial charge in [-0.1, -0.05) is 36.4 Å². The van der Waals surface area contributed by atoms with E-state index in [1.54, 1.807) is 0 Å². The van der Waals surface area contributed by atoms with E-state index >= 15 is 0 Å². The zero-order valence-corrected chi connectivity index (χ0v) is 9.84. The predicted octanol–water partition coefficient (Wildman–Crippen LogP) is 2.40. The van der Waals surface area contributed by atoms with Crippen molar-refractivity contribution in [2.75, 3.05) is 6.61 Å². The fourth-order valence-corrected chi connectivity index (χ4v) is 1.95. The number of hydrogen-bond donors (Lipinski definition) is 1. The van der Waals surface area contributed by atoms with Crippen LogP contribution in [0.4, 0.5) is 0 Å². The lowest BCUT2D eigenvalue weighted by molar-refractivity contribution is 0.299. The minimum Gasteiger partial charge on any atom is -0.396 e. The van der Waals surface area contributed by atoms with Gasteiger partial charge in [-0.05, 0) is 36.5 Å². The molecule has 2 nitrogen and oxygen atoms in total. The first-order valence-electron chi connectivity index (χ1n) is 5.97. The fraction of sp³-hybridized carbons (Fsp3) is 0.267. The Hall–Kier alpha value is -1.67. The van der Waals surface area contributed by atoms with Crippen LogP contribution in [-0.2, 0) is 19.3 Å². The molecule has 1 N–H and O–H groups in total. The maximum absolute atomic E-state index is 9.00. The molecule has 1 heterocycles. The topological polar surface area (TPSA) is 33.1 Å². The van der Waals surface area contributed by atoms with Crippen LogP contribution in [0, 0.1) is 0 Å². The molecule has 0 aliphatic rings. The summed E-state index contributed by atoms with van der Waals surface area (Å²) < 4.78 is 0. The Morgan fingerprint density at radius 1 is 0.882 bits per heavy atom. The maximum atomic E-state index is 9.00. The summed E-state index contributed by atoms with van der Waals surface area (Å²) in [5.74, 6) is 0. The standard InChI is InChI=1S/C15H17NO/c17-12-10-14-7-4-11-16-15(14)9-8-13-5-2-1-3-6-13/h1-7,11,17H,8-10,12H2. The number of nitrogens with zero attached hydrogens (tertiary/aromatic N) is 1. The van der Waals surface area contributed by atoms with Crippen molar-refractivity contribution in [1.29, 1.82) is 0 Å². The van der Waals surface area contributed by atoms with Crippen molar-refractivity contribution in [3.63, 3.8) is 0 Å². The lowest BCUT2D eigenvalue weighted by Gasteiger charge is -2.07. The fourth-order valence-electron chi connectivity index (χ4n) is 1.95. The second-order valence-electron chi connectivity index (χ2n) is 4.07. The van der Waals surface area contributed by atoms with Crippen molar-refractivity contribution in [3.05, 3.63) is 65.5 Å². The van der Waals surface area contributed by atoms with E-state index in [9.17, 15) is 0 Å². The molecule has 0 atom stereocenters. The second kappa shape index (κ2) is 6.16. The summed E-state index contributed by atoms with van der Waals surface area (Å²) in [6.45, 7) is 0.185. The average Bonchev–Trinajstić information content (AvgIpc) is 2.39. The van der Waals surface area contributed by atoms with Crippen LogP contribution >= 0.6 is 0 Å². The van der Waals surface area contributed by atoms with Gasteiger partial charge in [-0.3, -0.25) is 4.98 Å². The molecule has 2 rings (SSSR count). The van der Waals surface area contributed by atoms with Gasteiger partial charge in [0.1, 0.15) is 0 Å². The van der Waals surface area contributed by atoms with Crippen molar-refractivity contribution in [3.8, 4) is 0 Å². The highest BCUT2D eigenvalue weighted by Crippen LogP contribution is 2.10. The molecular formula is C15H17NO. The third kappa shape index (κ3) is 3.40. The molecule has 0 radical (unpaired) electrons. The molecule has 1 aromatic heterocycles. The smallest absolute Gasteiger partial charge is 0.0472 e. The highest BCUT2D eigenvalue weighted by molar-refractivity contribution is 5.22. The molecule has 1 aromatic carbocycles. The lowest BCUT2D eigenvalue weighted by atomic mass is 10.0. The molecule has 0 saturated heterocycles. The van der Waals surface area contributed by atoms with E-state index in [0.29, 0.717) is 6.42 Å². The van der Waals surface area contributed by atoms with Crippen molar-refractivity contribution < 1.29 is 5.11 Å². The maximum Gasteiger partial charge on any atom is 0.0472 e. The Bertz CT molecular complexity index is 453. The molecule has 17 heavy (non-hydrogen) atoms. The number of benzene rings is 1. The Balaban J connectivity index is 2.03. The van der Waals surface area contributed by atoms with Gasteiger partial charge in [0.05, 0.1) is 0 Å². The van der Waals surface area contributed by atoms with Gasteiger partial charge in [-0.25, -0.2) is 0 Å². The normalized spacial score (nSPS) is 10.4. The highest BCUT2D eigenvalue weighted by Gasteiger charge is 2.03. The van der Waals surface area contributed by atoms with Crippen LogP contribution < -0.4 is 0 Å². The van der Waals surface area contributed by atoms with Crippen molar-refractivity contribution in [1.82, 2.24) is 4.98 Å². The van der Waals surface area contributed by atoms with Gasteiger partial charge in [0.15, 0.2) is 0 Å². The van der Waals surface area contributed by atoms with Crippen molar-refractivity contribution >= 4 is 0 Å². The Morgan fingerprint density at radius 3 is 2.47 bits per heavy atom. The van der Waals surface area contributed by atoms with Gasteiger partial charge in [-0.2, -0.15) is 0 Å². The van der Waals surface area contributed by atoms with E-state index in [0.717, 1.165) is 24.1 Å². The number of aliphatic hydroxyl groups excluding tert-OH is 1. The van der Waals surface area contributed by atoms with Crippen molar-refractivity contribution in [2.45, 2.75) is 19.3 Å². The van der Waals surface area contributed by atoms with E-state index in [-0.39, 0.29) is 6.61 Å². The van der Waals surface area contributed by atoms with E-state index < -0.39 is 0 Å². The van der Waals surface area contributed by atoms with Crippen LogP contribution in [0.1, 0.15) is 16.8 Å². The SMILES string of the molecule is OCCc1cccnc1CCc1ccccc1. The molecular weight excluding hydrogens is 210 g/mol. The third-order valence-electron chi connectivity index (χ3n) is 2.86. The summed E-state index contributed by atoms with van der Waals surface area (Å²) in [6, 6.07) is 14.4. The predicted molar refractivity (Wildman–Crippen MR) is 68.9 cm³/mol. The van der Waals surface area contributed by atoms with E-state index in [1.165, 1.54) is 5.56 Å². The summed E-state index contributed by atoms with van der Waals surface area (Å²) in [4.78, 5) is 4.40. The zero-order chi connectivity index (χ0) is 11.9. The third-order valence-corrected chi connectivity index (χ3v) is 2.86. The summed E-state index contributed by atoms with van der Waals surface area (Å²) in [7, 11) is 0. The van der Waals surface area contributed by atoms with Gasteiger partial charge >= 0.3 is 0 Å². The number of rotatable bonds is 5. The first-order valence-corrected chi connectivity index (χ1v) is 5.97. The van der Waals surface area contributed by atoms with Gasteiger partial charge in [0.2, 0.25) is 0 Å². The number of pyridine rings is 1. The molecule has 0 spiro atoms. The average molecular weight is 227 g/mol. The minimum absolute atomic E-state index is 0.185. The summed E-state index contributed by atoms with van der Waals surface area (Å²) in [5, 5.41) is 9.00. The molecule has 0 fully saturated rings. The van der Waals surface area contributed by atoms with Crippen LogP contribution in [-0.4, -0.2) is 16.7 Å². The van der Waals surface area contributed by atoms with E-state index in [1.807, 2.05) is 24.4 Å². The Kier molecular flexibility index (Phi) is 4.28. The Labute approximate surface area is 102 Å². The minimum atomic E-state index is 0.185. The first kappa shape index (κ1) is 11.8. The largest absolute Gasteiger partial charge is 0.396 e. The van der Waals surface area contributed by atoms with Gasteiger partial charge in [0, 0.05) is 18.5 Å². The van der Waals surface area contributed by atoms with Crippen LogP contribution in [0.2, 0.25) is 0 Å². The second-order valence-corrected chi connectivity index (χ2v) is 4.07. The van der Waals surface area contributed by atoms with E-state index in [4.69, 9.17) is 5.11 Å². The number of aliphatic hydroxyl groups is 1. The molecule has 0 amide bonds. The quantitative estimate of drug-likeness (QED) is 0.851. The molecule has 0 unspecified atom stereocenters. The molecule has 0 bridgehead atoms. The first-order chi connectivity index (χ1) is 8.40. The molecule has 0 saturated carbocycles. The molecule has 0 aliphatic carbocycles. The van der Waals surface area contributed by atoms with Crippen LogP contribution in [0.15, 0.2) is 48.7 Å². The number of aryl methyl sites for hydroxylation is 2. The number of hydrogen-bond acceptors (Lipinski definition) is 2. The highest BCUT2D eigenvalue weighted by atomic mass is 16.2. The van der Waals surface area contributed by atoms with E-state index in [2.05, 4.69) is 29.2 Å². The summed E-state index contributed by atoms with van der Waals surface area (Å²) >= 11 is 0. The monoisotopic (exact) mass is 227 g/mol. The van der Waals surface area contributed by atoms with Gasteiger partial charge in [-0.15, -0.1) is 0 Å². The summed E-state index contributed by atoms with van der Waals surface area (Å²) in [6.07, 6.45) is 4.44. The number of aromatic nitrogens is 1. The molecule has 88 valence electrons. The molecule has 0 aliphatic heterocycles. The molecule has 2 aromatic rings. The lowest BCUT2D eigenvalue weighted by Crippen LogP contribution is -2.02. The van der Waals surface area contributed by atoms with Crippen LogP contribution in [0.3, 0.4) is 0 Å². The molecule has 2 heteroatoms. The zero-order valence-electron chi connectivity index (χ0n) is 9.84. The summed E-state index contributed by atoms with van der Waals surface area (Å²) in [5.41, 5.74) is 3.59. The van der Waals surface area contributed by atoms with Gasteiger partial charge in [0.25, 0.3) is 0 Å². The van der Waals surface area contributed by atoms with Crippen LogP contribution in [0.25, 0.3) is 0 Å². The van der Waals surface area contributed by atoms with Crippen molar-refractivity contribution in [2.24, 2.45) is 0 Å².